The minimum absolute atomic E-state index is 0.333. The van der Waals surface area contributed by atoms with Crippen LogP contribution in [-0.2, 0) is 0 Å². The third-order valence-electron chi connectivity index (χ3n) is 1.86. The molecule has 0 saturated heterocycles. The van der Waals surface area contributed by atoms with Gasteiger partial charge in [-0.05, 0) is 32.7 Å². The van der Waals surface area contributed by atoms with Crippen molar-refractivity contribution in [1.82, 2.24) is 5.32 Å². The second kappa shape index (κ2) is 7.03. The lowest BCUT2D eigenvalue weighted by Crippen LogP contribution is -2.23. The summed E-state index contributed by atoms with van der Waals surface area (Å²) in [7, 11) is 1.99. The minimum Gasteiger partial charge on any atom is -0.396 e. The molecule has 0 spiro atoms. The molecule has 0 amide bonds. The number of nitrogens with one attached hydrogen (secondary N) is 1. The lowest BCUT2D eigenvalue weighted by molar-refractivity contribution is 0.279. The maximum Gasteiger partial charge on any atom is 0.0431 e. The zero-order valence-corrected chi connectivity index (χ0v) is 7.06. The van der Waals surface area contributed by atoms with Crippen LogP contribution in [0.15, 0.2) is 0 Å². The standard InChI is InChI=1S/C8H19NO/c1-3-8(9-2)6-4-5-7-10/h8-10H,3-7H2,1-2H3. The van der Waals surface area contributed by atoms with Gasteiger partial charge in [-0.25, -0.2) is 0 Å². The van der Waals surface area contributed by atoms with Crippen molar-refractivity contribution in [1.29, 1.82) is 0 Å². The first kappa shape index (κ1) is 9.92. The van der Waals surface area contributed by atoms with Gasteiger partial charge in [0.1, 0.15) is 0 Å². The molecule has 2 heteroatoms. The average molecular weight is 145 g/mol. The Balaban J connectivity index is 3.09. The molecule has 0 aromatic heterocycles. The van der Waals surface area contributed by atoms with Crippen LogP contribution < -0.4 is 5.32 Å². The van der Waals surface area contributed by atoms with Crippen molar-refractivity contribution in [2.75, 3.05) is 13.7 Å². The topological polar surface area (TPSA) is 32.3 Å². The van der Waals surface area contributed by atoms with E-state index in [0.29, 0.717) is 12.6 Å². The van der Waals surface area contributed by atoms with Crippen LogP contribution in [0.2, 0.25) is 0 Å². The molecule has 1 atom stereocenters. The van der Waals surface area contributed by atoms with Crippen molar-refractivity contribution in [3.8, 4) is 0 Å². The highest BCUT2D eigenvalue weighted by Gasteiger charge is 2.00. The Bertz CT molecular complexity index is 62.3. The summed E-state index contributed by atoms with van der Waals surface area (Å²) in [4.78, 5) is 0. The fourth-order valence-corrected chi connectivity index (χ4v) is 1.06. The van der Waals surface area contributed by atoms with E-state index in [4.69, 9.17) is 5.11 Å². The number of unbranched alkanes of at least 4 members (excludes halogenated alkanes) is 1. The lowest BCUT2D eigenvalue weighted by atomic mass is 10.1. The highest BCUT2D eigenvalue weighted by Crippen LogP contribution is 2.02. The van der Waals surface area contributed by atoms with Crippen molar-refractivity contribution >= 4 is 0 Å². The van der Waals surface area contributed by atoms with E-state index in [1.54, 1.807) is 0 Å². The number of aliphatic hydroxyl groups excluding tert-OH is 1. The van der Waals surface area contributed by atoms with Crippen molar-refractivity contribution in [2.24, 2.45) is 0 Å². The van der Waals surface area contributed by atoms with E-state index in [1.807, 2.05) is 7.05 Å². The van der Waals surface area contributed by atoms with E-state index in [0.717, 1.165) is 12.8 Å². The van der Waals surface area contributed by atoms with Crippen LogP contribution in [0.1, 0.15) is 32.6 Å². The Kier molecular flexibility index (Phi) is 6.98. The first-order valence-electron chi connectivity index (χ1n) is 4.13. The molecule has 0 aliphatic heterocycles. The lowest BCUT2D eigenvalue weighted by Gasteiger charge is -2.12. The SMILES string of the molecule is CCC(CCCCO)NC. The monoisotopic (exact) mass is 145 g/mol. The minimum atomic E-state index is 0.333. The summed E-state index contributed by atoms with van der Waals surface area (Å²) in [6, 6.07) is 0.645. The van der Waals surface area contributed by atoms with Crippen LogP contribution in [0.25, 0.3) is 0 Å². The predicted octanol–water partition coefficient (Wildman–Crippen LogP) is 1.15. The predicted molar refractivity (Wildman–Crippen MR) is 44.1 cm³/mol. The normalized spacial score (nSPS) is 13.5. The van der Waals surface area contributed by atoms with Crippen molar-refractivity contribution < 1.29 is 5.11 Å². The molecular weight excluding hydrogens is 126 g/mol. The Morgan fingerprint density at radius 2 is 2.10 bits per heavy atom. The van der Waals surface area contributed by atoms with E-state index < -0.39 is 0 Å². The van der Waals surface area contributed by atoms with Gasteiger partial charge in [0.15, 0.2) is 0 Å². The highest BCUT2D eigenvalue weighted by molar-refractivity contribution is 4.60. The van der Waals surface area contributed by atoms with Crippen molar-refractivity contribution in [3.63, 3.8) is 0 Å². The van der Waals surface area contributed by atoms with Gasteiger partial charge in [-0.3, -0.25) is 0 Å². The Hall–Kier alpha value is -0.0800. The molecule has 10 heavy (non-hydrogen) atoms. The molecule has 0 heterocycles. The van der Waals surface area contributed by atoms with Crippen molar-refractivity contribution in [3.05, 3.63) is 0 Å². The molecule has 0 aromatic rings. The summed E-state index contributed by atoms with van der Waals surface area (Å²) in [6.45, 7) is 2.51. The maximum atomic E-state index is 8.50. The van der Waals surface area contributed by atoms with E-state index in [-0.39, 0.29) is 0 Å². The number of hydrogen-bond donors (Lipinski definition) is 2. The summed E-state index contributed by atoms with van der Waals surface area (Å²) in [5.74, 6) is 0. The molecule has 2 nitrogen and oxygen atoms in total. The second-order valence-corrected chi connectivity index (χ2v) is 2.61. The molecule has 0 saturated carbocycles. The first-order chi connectivity index (χ1) is 4.85. The third-order valence-corrected chi connectivity index (χ3v) is 1.86. The Labute approximate surface area is 63.6 Å². The van der Waals surface area contributed by atoms with Gasteiger partial charge in [-0.2, -0.15) is 0 Å². The van der Waals surface area contributed by atoms with Gasteiger partial charge in [-0.1, -0.05) is 6.92 Å². The van der Waals surface area contributed by atoms with Gasteiger partial charge >= 0.3 is 0 Å². The zero-order chi connectivity index (χ0) is 7.82. The zero-order valence-electron chi connectivity index (χ0n) is 7.06. The molecule has 2 N–H and O–H groups in total. The fraction of sp³-hybridized carbons (Fsp3) is 1.00. The number of hydrogen-bond acceptors (Lipinski definition) is 2. The van der Waals surface area contributed by atoms with Gasteiger partial charge in [-0.15, -0.1) is 0 Å². The molecule has 0 aliphatic carbocycles. The van der Waals surface area contributed by atoms with Gasteiger partial charge in [0, 0.05) is 12.6 Å². The summed E-state index contributed by atoms with van der Waals surface area (Å²) < 4.78 is 0. The van der Waals surface area contributed by atoms with E-state index in [9.17, 15) is 0 Å². The van der Waals surface area contributed by atoms with Gasteiger partial charge < -0.3 is 10.4 Å². The molecule has 0 fully saturated rings. The second-order valence-electron chi connectivity index (χ2n) is 2.61. The van der Waals surface area contributed by atoms with Crippen molar-refractivity contribution in [2.45, 2.75) is 38.6 Å². The van der Waals surface area contributed by atoms with Crippen LogP contribution in [0.3, 0.4) is 0 Å². The van der Waals surface area contributed by atoms with E-state index >= 15 is 0 Å². The van der Waals surface area contributed by atoms with Crippen LogP contribution in [0, 0.1) is 0 Å². The number of aliphatic hydroxyl groups is 1. The Morgan fingerprint density at radius 1 is 1.40 bits per heavy atom. The van der Waals surface area contributed by atoms with E-state index in [2.05, 4.69) is 12.2 Å². The average Bonchev–Trinajstić information content (AvgIpc) is 1.99. The quantitative estimate of drug-likeness (QED) is 0.549. The molecule has 0 aromatic carbocycles. The van der Waals surface area contributed by atoms with Crippen LogP contribution >= 0.6 is 0 Å². The summed E-state index contributed by atoms with van der Waals surface area (Å²) in [6.07, 6.45) is 4.45. The summed E-state index contributed by atoms with van der Waals surface area (Å²) in [5, 5.41) is 11.7. The van der Waals surface area contributed by atoms with Gasteiger partial charge in [0.2, 0.25) is 0 Å². The first-order valence-corrected chi connectivity index (χ1v) is 4.13. The molecule has 0 radical (unpaired) electrons. The van der Waals surface area contributed by atoms with Crippen LogP contribution in [0.4, 0.5) is 0 Å². The summed E-state index contributed by atoms with van der Waals surface area (Å²) >= 11 is 0. The largest absolute Gasteiger partial charge is 0.396 e. The van der Waals surface area contributed by atoms with Gasteiger partial charge in [0.05, 0.1) is 0 Å². The smallest absolute Gasteiger partial charge is 0.0431 e. The summed E-state index contributed by atoms with van der Waals surface area (Å²) in [5.41, 5.74) is 0. The molecule has 62 valence electrons. The van der Waals surface area contributed by atoms with Crippen LogP contribution in [-0.4, -0.2) is 24.8 Å². The van der Waals surface area contributed by atoms with E-state index in [1.165, 1.54) is 12.8 Å². The molecule has 0 aliphatic rings. The highest BCUT2D eigenvalue weighted by atomic mass is 16.2. The molecule has 1 unspecified atom stereocenters. The third kappa shape index (κ3) is 4.77. The van der Waals surface area contributed by atoms with Gasteiger partial charge in [0.25, 0.3) is 0 Å². The van der Waals surface area contributed by atoms with Crippen LogP contribution in [0.5, 0.6) is 0 Å². The maximum absolute atomic E-state index is 8.50. The number of rotatable bonds is 6. The fourth-order valence-electron chi connectivity index (χ4n) is 1.06. The molecular formula is C8H19NO. The molecule has 0 rings (SSSR count). The Morgan fingerprint density at radius 3 is 2.50 bits per heavy atom. The molecule has 0 bridgehead atoms.